The predicted molar refractivity (Wildman–Crippen MR) is 85.6 cm³/mol. The van der Waals surface area contributed by atoms with E-state index in [0.29, 0.717) is 18.6 Å². The summed E-state index contributed by atoms with van der Waals surface area (Å²) in [6.45, 7) is 4.51. The van der Waals surface area contributed by atoms with Crippen LogP contribution in [0.4, 0.5) is 4.79 Å². The normalized spacial score (nSPS) is 20.7. The summed E-state index contributed by atoms with van der Waals surface area (Å²) in [7, 11) is -2.21. The van der Waals surface area contributed by atoms with E-state index in [1.165, 1.54) is 11.4 Å². The maximum atomic E-state index is 13.0. The summed E-state index contributed by atoms with van der Waals surface area (Å²) in [5.74, 6) is 0.342. The van der Waals surface area contributed by atoms with Gasteiger partial charge >= 0.3 is 6.16 Å². The molecule has 1 aromatic rings. The highest BCUT2D eigenvalue weighted by atomic mass is 32.2. The first-order chi connectivity index (χ1) is 11.3. The summed E-state index contributed by atoms with van der Waals surface area (Å²) >= 11 is 0. The van der Waals surface area contributed by atoms with Crippen molar-refractivity contribution in [1.29, 1.82) is 0 Å². The molecule has 0 aromatic heterocycles. The lowest BCUT2D eigenvalue weighted by Gasteiger charge is -2.35. The van der Waals surface area contributed by atoms with E-state index in [4.69, 9.17) is 14.2 Å². The van der Waals surface area contributed by atoms with Gasteiger partial charge < -0.3 is 14.2 Å². The van der Waals surface area contributed by atoms with Crippen molar-refractivity contribution in [3.05, 3.63) is 23.3 Å². The number of nitrogens with zero attached hydrogens (tertiary/aromatic N) is 1. The molecule has 0 saturated carbocycles. The molecule has 0 bridgehead atoms. The van der Waals surface area contributed by atoms with Gasteiger partial charge in [-0.3, -0.25) is 0 Å². The molecule has 1 spiro atoms. The van der Waals surface area contributed by atoms with Gasteiger partial charge in [0.25, 0.3) is 0 Å². The van der Waals surface area contributed by atoms with Crippen LogP contribution in [0.25, 0.3) is 0 Å². The standard InChI is InChI=1S/C16H21NO6S/c1-11-8-13(21-3)14(9-12(11)2)24(19,20)17-6-4-16(5-7-17)10-22-15(18)23-16/h8-9H,4-7,10H2,1-3H3. The van der Waals surface area contributed by atoms with Gasteiger partial charge in [-0.2, -0.15) is 4.31 Å². The largest absolute Gasteiger partial charge is 0.509 e. The summed E-state index contributed by atoms with van der Waals surface area (Å²) in [6, 6.07) is 3.38. The van der Waals surface area contributed by atoms with Gasteiger partial charge in [-0.15, -0.1) is 0 Å². The molecule has 2 aliphatic rings. The van der Waals surface area contributed by atoms with Crippen molar-refractivity contribution < 1.29 is 27.4 Å². The molecular formula is C16H21NO6S. The van der Waals surface area contributed by atoms with Gasteiger partial charge in [-0.1, -0.05) is 0 Å². The van der Waals surface area contributed by atoms with E-state index < -0.39 is 21.8 Å². The molecule has 0 unspecified atom stereocenters. The molecule has 2 saturated heterocycles. The molecule has 2 fully saturated rings. The van der Waals surface area contributed by atoms with Crippen molar-refractivity contribution in [2.75, 3.05) is 26.8 Å². The SMILES string of the molecule is COc1cc(C)c(C)cc1S(=O)(=O)N1CCC2(CC1)COC(=O)O2. The summed E-state index contributed by atoms with van der Waals surface area (Å²) in [5.41, 5.74) is 1.18. The van der Waals surface area contributed by atoms with Crippen molar-refractivity contribution in [3.63, 3.8) is 0 Å². The average molecular weight is 355 g/mol. The Hall–Kier alpha value is -1.80. The minimum atomic E-state index is -3.68. The summed E-state index contributed by atoms with van der Waals surface area (Å²) < 4.78 is 42.8. The van der Waals surface area contributed by atoms with E-state index >= 15 is 0 Å². The molecule has 24 heavy (non-hydrogen) atoms. The predicted octanol–water partition coefficient (Wildman–Crippen LogP) is 2.00. The Morgan fingerprint density at radius 2 is 1.79 bits per heavy atom. The van der Waals surface area contributed by atoms with Crippen LogP contribution >= 0.6 is 0 Å². The average Bonchev–Trinajstić information content (AvgIpc) is 2.90. The Labute approximate surface area is 141 Å². The maximum absolute atomic E-state index is 13.0. The van der Waals surface area contributed by atoms with Gasteiger partial charge in [0.05, 0.1) is 7.11 Å². The summed E-state index contributed by atoms with van der Waals surface area (Å²) in [4.78, 5) is 11.3. The lowest BCUT2D eigenvalue weighted by atomic mass is 9.94. The van der Waals surface area contributed by atoms with Crippen molar-refractivity contribution >= 4 is 16.2 Å². The molecule has 132 valence electrons. The van der Waals surface area contributed by atoms with Crippen LogP contribution in [0.1, 0.15) is 24.0 Å². The van der Waals surface area contributed by atoms with Crippen molar-refractivity contribution in [2.24, 2.45) is 0 Å². The molecule has 0 radical (unpaired) electrons. The Balaban J connectivity index is 1.85. The number of sulfonamides is 1. The number of piperidine rings is 1. The fourth-order valence-electron chi connectivity index (χ4n) is 3.07. The third-order valence-corrected chi connectivity index (χ3v) is 6.70. The molecule has 0 aliphatic carbocycles. The van der Waals surface area contributed by atoms with Crippen molar-refractivity contribution in [2.45, 2.75) is 37.2 Å². The van der Waals surface area contributed by atoms with Crippen molar-refractivity contribution in [3.8, 4) is 5.75 Å². The number of cyclic esters (lactones) is 1. The highest BCUT2D eigenvalue weighted by molar-refractivity contribution is 7.89. The maximum Gasteiger partial charge on any atom is 0.509 e. The second-order valence-electron chi connectivity index (χ2n) is 6.32. The third-order valence-electron chi connectivity index (χ3n) is 4.78. The third kappa shape index (κ3) is 2.84. The summed E-state index contributed by atoms with van der Waals surface area (Å²) in [5, 5.41) is 0. The Morgan fingerprint density at radius 1 is 1.17 bits per heavy atom. The molecule has 1 aromatic carbocycles. The Kier molecular flexibility index (Phi) is 4.21. The van der Waals surface area contributed by atoms with Crippen molar-refractivity contribution in [1.82, 2.24) is 4.31 Å². The number of benzene rings is 1. The number of rotatable bonds is 3. The zero-order chi connectivity index (χ0) is 17.5. The van der Waals surface area contributed by atoms with E-state index in [1.54, 1.807) is 12.1 Å². The molecular weight excluding hydrogens is 334 g/mol. The number of carbonyl (C=O) groups excluding carboxylic acids is 1. The minimum Gasteiger partial charge on any atom is -0.495 e. The van der Waals surface area contributed by atoms with Gasteiger partial charge in [0, 0.05) is 25.9 Å². The fraction of sp³-hybridized carbons (Fsp3) is 0.562. The second-order valence-corrected chi connectivity index (χ2v) is 8.22. The Morgan fingerprint density at radius 3 is 2.33 bits per heavy atom. The van der Waals surface area contributed by atoms with Crippen LogP contribution in [0, 0.1) is 13.8 Å². The number of hydrogen-bond acceptors (Lipinski definition) is 6. The van der Waals surface area contributed by atoms with E-state index in [0.717, 1.165) is 11.1 Å². The molecule has 7 nitrogen and oxygen atoms in total. The van der Waals surface area contributed by atoms with Crippen LogP contribution in [0.5, 0.6) is 5.75 Å². The molecule has 2 heterocycles. The monoisotopic (exact) mass is 355 g/mol. The fourth-order valence-corrected chi connectivity index (χ4v) is 4.73. The first kappa shape index (κ1) is 17.0. The lowest BCUT2D eigenvalue weighted by molar-refractivity contribution is 0.0170. The molecule has 0 amide bonds. The molecule has 2 aliphatic heterocycles. The van der Waals surface area contributed by atoms with Crippen LogP contribution in [0.3, 0.4) is 0 Å². The van der Waals surface area contributed by atoms with Gasteiger partial charge in [-0.25, -0.2) is 13.2 Å². The van der Waals surface area contributed by atoms with Gasteiger partial charge in [0.2, 0.25) is 10.0 Å². The molecule has 0 N–H and O–H groups in total. The zero-order valence-corrected chi connectivity index (χ0v) is 14.8. The van der Waals surface area contributed by atoms with Crippen LogP contribution in [0.15, 0.2) is 17.0 Å². The number of hydrogen-bond donors (Lipinski definition) is 0. The molecule has 8 heteroatoms. The highest BCUT2D eigenvalue weighted by Gasteiger charge is 2.47. The first-order valence-corrected chi connectivity index (χ1v) is 9.23. The Bertz CT molecular complexity index is 765. The lowest BCUT2D eigenvalue weighted by Crippen LogP contribution is -2.48. The number of methoxy groups -OCH3 is 1. The quantitative estimate of drug-likeness (QED) is 0.772. The topological polar surface area (TPSA) is 82.1 Å². The van der Waals surface area contributed by atoms with Crippen LogP contribution in [-0.4, -0.2) is 51.3 Å². The smallest absolute Gasteiger partial charge is 0.495 e. The zero-order valence-electron chi connectivity index (χ0n) is 14.0. The van der Waals surface area contributed by atoms with E-state index in [9.17, 15) is 13.2 Å². The van der Waals surface area contributed by atoms with Gasteiger partial charge in [0.15, 0.2) is 5.60 Å². The second kappa shape index (κ2) is 5.93. The van der Waals surface area contributed by atoms with Crippen LogP contribution in [-0.2, 0) is 19.5 Å². The van der Waals surface area contributed by atoms with E-state index in [-0.39, 0.29) is 24.6 Å². The summed E-state index contributed by atoms with van der Waals surface area (Å²) in [6.07, 6.45) is 0.165. The van der Waals surface area contributed by atoms with Crippen LogP contribution < -0.4 is 4.74 Å². The van der Waals surface area contributed by atoms with E-state index in [2.05, 4.69) is 0 Å². The number of aryl methyl sites for hydroxylation is 2. The molecule has 3 rings (SSSR count). The van der Waals surface area contributed by atoms with Crippen LogP contribution in [0.2, 0.25) is 0 Å². The minimum absolute atomic E-state index is 0.170. The van der Waals surface area contributed by atoms with Gasteiger partial charge in [-0.05, 0) is 37.1 Å². The number of ether oxygens (including phenoxy) is 3. The molecule has 0 atom stereocenters. The number of carbonyl (C=O) groups is 1. The highest BCUT2D eigenvalue weighted by Crippen LogP contribution is 2.36. The van der Waals surface area contributed by atoms with Gasteiger partial charge in [0.1, 0.15) is 17.3 Å². The first-order valence-electron chi connectivity index (χ1n) is 7.79. The van der Waals surface area contributed by atoms with E-state index in [1.807, 2.05) is 13.8 Å².